The van der Waals surface area contributed by atoms with Crippen LogP contribution in [-0.2, 0) is 11.2 Å². The minimum Gasteiger partial charge on any atom is -0.493 e. The fraction of sp³-hybridized carbons (Fsp3) is 0.350. The molecule has 9 heteroatoms. The number of nitrogens with zero attached hydrogens (tertiary/aromatic N) is 3. The summed E-state index contributed by atoms with van der Waals surface area (Å²) < 4.78 is 5.75. The summed E-state index contributed by atoms with van der Waals surface area (Å²) in [4.78, 5) is 18.6. The Morgan fingerprint density at radius 3 is 3.17 bits per heavy atom. The second-order valence-corrected chi connectivity index (χ2v) is 8.22. The average molecular weight is 432 g/mol. The van der Waals surface area contributed by atoms with Gasteiger partial charge in [-0.3, -0.25) is 14.8 Å². The van der Waals surface area contributed by atoms with E-state index in [1.807, 2.05) is 23.6 Å². The van der Waals surface area contributed by atoms with E-state index in [9.17, 15) is 4.79 Å². The smallest absolute Gasteiger partial charge is 0.240 e. The minimum absolute atomic E-state index is 0.0440. The van der Waals surface area contributed by atoms with Gasteiger partial charge >= 0.3 is 0 Å². The van der Waals surface area contributed by atoms with Crippen LogP contribution in [0, 0.1) is 0 Å². The quantitative estimate of drug-likeness (QED) is 0.564. The zero-order valence-electron chi connectivity index (χ0n) is 15.8. The Hall–Kier alpha value is -2.42. The SMILES string of the molecule is O=C(CN1CCC[C@H]1c1cc(CCOc2cccc(Cl)c2)[nH]n1)Nc1nccs1. The Labute approximate surface area is 178 Å². The number of halogens is 1. The number of likely N-dealkylation sites (tertiary alicyclic amines) is 1. The van der Waals surface area contributed by atoms with Gasteiger partial charge in [-0.2, -0.15) is 5.10 Å². The molecule has 0 aliphatic carbocycles. The Morgan fingerprint density at radius 2 is 2.34 bits per heavy atom. The van der Waals surface area contributed by atoms with Crippen molar-refractivity contribution in [3.05, 3.63) is 58.3 Å². The Balaban J connectivity index is 1.30. The predicted octanol–water partition coefficient (Wildman–Crippen LogP) is 3.92. The number of aromatic nitrogens is 3. The predicted molar refractivity (Wildman–Crippen MR) is 114 cm³/mol. The first-order chi connectivity index (χ1) is 14.2. The summed E-state index contributed by atoms with van der Waals surface area (Å²) in [6.07, 6.45) is 4.44. The largest absolute Gasteiger partial charge is 0.493 e. The van der Waals surface area contributed by atoms with Crippen LogP contribution in [0.4, 0.5) is 5.13 Å². The molecule has 1 aromatic carbocycles. The molecule has 2 aromatic heterocycles. The lowest BCUT2D eigenvalue weighted by Gasteiger charge is -2.21. The first-order valence-electron chi connectivity index (χ1n) is 9.53. The summed E-state index contributed by atoms with van der Waals surface area (Å²) in [5.41, 5.74) is 1.99. The maximum absolute atomic E-state index is 12.3. The van der Waals surface area contributed by atoms with Gasteiger partial charge in [0, 0.05) is 28.7 Å². The molecule has 3 aromatic rings. The molecule has 1 aliphatic heterocycles. The van der Waals surface area contributed by atoms with Crippen LogP contribution in [0.15, 0.2) is 41.9 Å². The summed E-state index contributed by atoms with van der Waals surface area (Å²) in [7, 11) is 0. The highest BCUT2D eigenvalue weighted by atomic mass is 35.5. The van der Waals surface area contributed by atoms with Crippen molar-refractivity contribution in [3.8, 4) is 5.75 Å². The number of hydrogen-bond acceptors (Lipinski definition) is 6. The van der Waals surface area contributed by atoms with Crippen molar-refractivity contribution in [2.24, 2.45) is 0 Å². The lowest BCUT2D eigenvalue weighted by Crippen LogP contribution is -2.33. The van der Waals surface area contributed by atoms with Crippen LogP contribution >= 0.6 is 22.9 Å². The number of rotatable bonds is 8. The molecule has 0 unspecified atom stereocenters. The summed E-state index contributed by atoms with van der Waals surface area (Å²) in [5.74, 6) is 0.711. The highest BCUT2D eigenvalue weighted by Gasteiger charge is 2.29. The molecule has 152 valence electrons. The molecule has 0 radical (unpaired) electrons. The third-order valence-electron chi connectivity index (χ3n) is 4.82. The minimum atomic E-state index is -0.0440. The standard InChI is InChI=1S/C20H22ClN5O2S/c21-14-3-1-4-16(11-14)28-9-6-15-12-17(25-24-15)18-5-2-8-26(18)13-19(27)23-20-22-7-10-29-20/h1,3-4,7,10-12,18H,2,5-6,8-9,13H2,(H,24,25)(H,22,23,27)/t18-/m0/s1. The third-order valence-corrected chi connectivity index (χ3v) is 5.74. The fourth-order valence-electron chi connectivity index (χ4n) is 3.49. The topological polar surface area (TPSA) is 83.1 Å². The summed E-state index contributed by atoms with van der Waals surface area (Å²) in [6, 6.07) is 9.59. The van der Waals surface area contributed by atoms with Crippen molar-refractivity contribution in [2.75, 3.05) is 25.0 Å². The first kappa shape index (κ1) is 19.9. The number of anilines is 1. The molecule has 0 spiro atoms. The van der Waals surface area contributed by atoms with Crippen LogP contribution in [0.3, 0.4) is 0 Å². The second-order valence-electron chi connectivity index (χ2n) is 6.89. The molecule has 29 heavy (non-hydrogen) atoms. The number of carbonyl (C=O) groups is 1. The molecule has 0 saturated carbocycles. The van der Waals surface area contributed by atoms with E-state index < -0.39 is 0 Å². The van der Waals surface area contributed by atoms with Gasteiger partial charge in [0.2, 0.25) is 5.91 Å². The molecule has 1 aliphatic rings. The van der Waals surface area contributed by atoms with Crippen LogP contribution in [-0.4, -0.2) is 45.7 Å². The van der Waals surface area contributed by atoms with Gasteiger partial charge in [-0.1, -0.05) is 17.7 Å². The van der Waals surface area contributed by atoms with Crippen LogP contribution < -0.4 is 10.1 Å². The van der Waals surface area contributed by atoms with E-state index in [4.69, 9.17) is 16.3 Å². The zero-order valence-corrected chi connectivity index (χ0v) is 17.4. The molecular weight excluding hydrogens is 410 g/mol. The number of H-pyrrole nitrogens is 1. The lowest BCUT2D eigenvalue weighted by atomic mass is 10.1. The van der Waals surface area contributed by atoms with E-state index >= 15 is 0 Å². The van der Waals surface area contributed by atoms with Gasteiger partial charge < -0.3 is 10.1 Å². The Kier molecular flexibility index (Phi) is 6.43. The number of ether oxygens (including phenoxy) is 1. The van der Waals surface area contributed by atoms with Crippen LogP contribution in [0.1, 0.15) is 30.3 Å². The summed E-state index contributed by atoms with van der Waals surface area (Å²) in [6.45, 7) is 1.76. The number of aromatic amines is 1. The summed E-state index contributed by atoms with van der Waals surface area (Å²) >= 11 is 7.39. The molecule has 1 amide bonds. The number of hydrogen-bond donors (Lipinski definition) is 2. The van der Waals surface area contributed by atoms with Gasteiger partial charge in [0.15, 0.2) is 5.13 Å². The van der Waals surface area contributed by atoms with E-state index in [1.165, 1.54) is 11.3 Å². The Morgan fingerprint density at radius 1 is 1.41 bits per heavy atom. The molecule has 4 rings (SSSR count). The summed E-state index contributed by atoms with van der Waals surface area (Å²) in [5, 5.41) is 13.6. The molecule has 1 fully saturated rings. The molecule has 7 nitrogen and oxygen atoms in total. The zero-order chi connectivity index (χ0) is 20.1. The molecule has 1 saturated heterocycles. The van der Waals surface area contributed by atoms with E-state index in [1.54, 1.807) is 12.3 Å². The van der Waals surface area contributed by atoms with Crippen LogP contribution in [0.5, 0.6) is 5.75 Å². The van der Waals surface area contributed by atoms with Gasteiger partial charge in [-0.25, -0.2) is 4.98 Å². The normalized spacial score (nSPS) is 16.8. The second kappa shape index (κ2) is 9.39. The molecule has 1 atom stereocenters. The number of benzene rings is 1. The number of thiazole rings is 1. The van der Waals surface area contributed by atoms with Crippen molar-refractivity contribution in [1.82, 2.24) is 20.1 Å². The first-order valence-corrected chi connectivity index (χ1v) is 10.8. The van der Waals surface area contributed by atoms with E-state index in [2.05, 4.69) is 31.5 Å². The van der Waals surface area contributed by atoms with Gasteiger partial charge in [-0.15, -0.1) is 11.3 Å². The van der Waals surface area contributed by atoms with Crippen molar-refractivity contribution in [2.45, 2.75) is 25.3 Å². The van der Waals surface area contributed by atoms with Crippen molar-refractivity contribution >= 4 is 34.0 Å². The van der Waals surface area contributed by atoms with E-state index in [-0.39, 0.29) is 11.9 Å². The monoisotopic (exact) mass is 431 g/mol. The molecule has 0 bridgehead atoms. The number of carbonyl (C=O) groups excluding carboxylic acids is 1. The highest BCUT2D eigenvalue weighted by Crippen LogP contribution is 2.31. The van der Waals surface area contributed by atoms with Crippen LogP contribution in [0.25, 0.3) is 0 Å². The van der Waals surface area contributed by atoms with Gasteiger partial charge in [0.1, 0.15) is 5.75 Å². The average Bonchev–Trinajstić information content (AvgIpc) is 3.44. The van der Waals surface area contributed by atoms with E-state index in [0.29, 0.717) is 23.3 Å². The molecule has 2 N–H and O–H groups in total. The van der Waals surface area contributed by atoms with Crippen molar-refractivity contribution in [1.29, 1.82) is 0 Å². The fourth-order valence-corrected chi connectivity index (χ4v) is 4.22. The van der Waals surface area contributed by atoms with Crippen molar-refractivity contribution < 1.29 is 9.53 Å². The lowest BCUT2D eigenvalue weighted by molar-refractivity contribution is -0.117. The Bertz CT molecular complexity index is 946. The van der Waals surface area contributed by atoms with Gasteiger partial charge in [0.05, 0.1) is 24.9 Å². The van der Waals surface area contributed by atoms with Gasteiger partial charge in [-0.05, 0) is 43.7 Å². The highest BCUT2D eigenvalue weighted by molar-refractivity contribution is 7.13. The number of nitrogens with one attached hydrogen (secondary N) is 2. The van der Waals surface area contributed by atoms with Gasteiger partial charge in [0.25, 0.3) is 0 Å². The van der Waals surface area contributed by atoms with Crippen molar-refractivity contribution in [3.63, 3.8) is 0 Å². The molecule has 3 heterocycles. The number of amides is 1. The van der Waals surface area contributed by atoms with E-state index in [0.717, 1.165) is 42.9 Å². The third kappa shape index (κ3) is 5.35. The van der Waals surface area contributed by atoms with Crippen LogP contribution in [0.2, 0.25) is 5.02 Å². The molecular formula is C20H22ClN5O2S. The maximum Gasteiger partial charge on any atom is 0.240 e. The maximum atomic E-state index is 12.3.